The van der Waals surface area contributed by atoms with E-state index in [1.165, 1.54) is 6.07 Å². The monoisotopic (exact) mass is 545 g/mol. The molecule has 200 valence electrons. The van der Waals surface area contributed by atoms with Crippen molar-refractivity contribution in [2.24, 2.45) is 5.41 Å². The number of nitro groups is 1. The number of piperazine rings is 1. The van der Waals surface area contributed by atoms with Crippen LogP contribution in [0.3, 0.4) is 0 Å². The highest BCUT2D eigenvalue weighted by Crippen LogP contribution is 2.31. The summed E-state index contributed by atoms with van der Waals surface area (Å²) in [5.74, 6) is 0.0909. The van der Waals surface area contributed by atoms with Gasteiger partial charge < -0.3 is 9.80 Å². The molecule has 4 aromatic rings. The van der Waals surface area contributed by atoms with Crippen LogP contribution in [0.15, 0.2) is 71.5 Å². The second-order valence-electron chi connectivity index (χ2n) is 10.6. The van der Waals surface area contributed by atoms with E-state index in [1.54, 1.807) is 54.6 Å². The topological polar surface area (TPSA) is 102 Å². The van der Waals surface area contributed by atoms with Crippen molar-refractivity contribution in [2.45, 2.75) is 20.8 Å². The van der Waals surface area contributed by atoms with E-state index >= 15 is 0 Å². The second-order valence-corrected chi connectivity index (χ2v) is 11.0. The molecule has 9 nitrogen and oxygen atoms in total. The first-order valence-corrected chi connectivity index (χ1v) is 13.0. The Morgan fingerprint density at radius 3 is 2.21 bits per heavy atom. The molecule has 0 saturated carbocycles. The van der Waals surface area contributed by atoms with Gasteiger partial charge in [0.1, 0.15) is 5.69 Å². The van der Waals surface area contributed by atoms with Crippen LogP contribution in [-0.2, 0) is 4.79 Å². The Kier molecular flexibility index (Phi) is 6.86. The van der Waals surface area contributed by atoms with E-state index in [2.05, 4.69) is 10.00 Å². The number of amides is 1. The van der Waals surface area contributed by atoms with Gasteiger partial charge in [-0.1, -0.05) is 62.7 Å². The van der Waals surface area contributed by atoms with E-state index in [0.29, 0.717) is 53.4 Å². The molecular formula is C29H28ClN5O4. The van der Waals surface area contributed by atoms with Gasteiger partial charge >= 0.3 is 0 Å². The number of nitro benzene ring substituents is 1. The number of carbonyl (C=O) groups excluding carboxylic acids is 1. The van der Waals surface area contributed by atoms with Gasteiger partial charge in [0, 0.05) is 59.3 Å². The standard InChI is InChI=1S/C29H28ClN5O4/c1-29(2,3)28(37)33-16-14-32(15-17-33)21-12-13-24(35(38)39)25(18-21)34-27(36)23-7-5-4-6-22(23)26(31-34)19-8-10-20(30)11-9-19/h4-13,18H,14-17H2,1-3H3. The van der Waals surface area contributed by atoms with E-state index in [9.17, 15) is 19.7 Å². The fourth-order valence-electron chi connectivity index (χ4n) is 4.85. The molecule has 1 aliphatic rings. The van der Waals surface area contributed by atoms with Gasteiger partial charge in [-0.05, 0) is 30.3 Å². The van der Waals surface area contributed by atoms with E-state index < -0.39 is 15.9 Å². The van der Waals surface area contributed by atoms with Crippen LogP contribution >= 0.6 is 11.6 Å². The van der Waals surface area contributed by atoms with Gasteiger partial charge in [-0.15, -0.1) is 0 Å². The fraction of sp³-hybridized carbons (Fsp3) is 0.276. The molecule has 5 rings (SSSR count). The Morgan fingerprint density at radius 1 is 0.949 bits per heavy atom. The summed E-state index contributed by atoms with van der Waals surface area (Å²) in [6.45, 7) is 7.91. The van der Waals surface area contributed by atoms with Crippen molar-refractivity contribution in [3.05, 3.63) is 92.2 Å². The smallest absolute Gasteiger partial charge is 0.295 e. The Morgan fingerprint density at radius 2 is 1.59 bits per heavy atom. The molecule has 0 bridgehead atoms. The van der Waals surface area contributed by atoms with Crippen LogP contribution in [0.4, 0.5) is 11.4 Å². The molecule has 0 N–H and O–H groups in total. The summed E-state index contributed by atoms with van der Waals surface area (Å²) in [5, 5.41) is 18.3. The molecule has 0 unspecified atom stereocenters. The third-order valence-electron chi connectivity index (χ3n) is 6.88. The maximum atomic E-state index is 13.6. The molecule has 39 heavy (non-hydrogen) atoms. The summed E-state index contributed by atoms with van der Waals surface area (Å²) in [6.07, 6.45) is 0. The summed E-state index contributed by atoms with van der Waals surface area (Å²) in [7, 11) is 0. The lowest BCUT2D eigenvalue weighted by Gasteiger charge is -2.38. The van der Waals surface area contributed by atoms with Crippen molar-refractivity contribution in [3.63, 3.8) is 0 Å². The lowest BCUT2D eigenvalue weighted by atomic mass is 9.94. The van der Waals surface area contributed by atoms with Crippen LogP contribution in [-0.4, -0.2) is 51.7 Å². The molecular weight excluding hydrogens is 518 g/mol. The maximum absolute atomic E-state index is 13.6. The van der Waals surface area contributed by atoms with Crippen LogP contribution in [0.1, 0.15) is 20.8 Å². The molecule has 1 fully saturated rings. The molecule has 1 saturated heterocycles. The van der Waals surface area contributed by atoms with Crippen molar-refractivity contribution in [1.29, 1.82) is 0 Å². The molecule has 10 heteroatoms. The Labute approximate surface area is 230 Å². The van der Waals surface area contributed by atoms with Crippen molar-refractivity contribution < 1.29 is 9.72 Å². The minimum absolute atomic E-state index is 0.0802. The first-order chi connectivity index (χ1) is 18.5. The summed E-state index contributed by atoms with van der Waals surface area (Å²) in [6, 6.07) is 18.8. The maximum Gasteiger partial charge on any atom is 0.295 e. The minimum Gasteiger partial charge on any atom is -0.368 e. The molecule has 3 aromatic carbocycles. The zero-order valence-corrected chi connectivity index (χ0v) is 22.7. The van der Waals surface area contributed by atoms with Crippen molar-refractivity contribution in [1.82, 2.24) is 14.7 Å². The number of hydrogen-bond acceptors (Lipinski definition) is 6. The van der Waals surface area contributed by atoms with E-state index in [-0.39, 0.29) is 17.3 Å². The third kappa shape index (κ3) is 5.09. The first-order valence-electron chi connectivity index (χ1n) is 12.7. The van der Waals surface area contributed by atoms with Crippen LogP contribution in [0.25, 0.3) is 27.7 Å². The second kappa shape index (κ2) is 10.1. The van der Waals surface area contributed by atoms with Crippen LogP contribution < -0.4 is 10.5 Å². The summed E-state index contributed by atoms with van der Waals surface area (Å²) >= 11 is 6.09. The number of fused-ring (bicyclic) bond motifs is 1. The Bertz CT molecular complexity index is 1630. The predicted octanol–water partition coefficient (Wildman–Crippen LogP) is 5.31. The first kappa shape index (κ1) is 26.4. The van der Waals surface area contributed by atoms with Gasteiger partial charge in [0.05, 0.1) is 16.0 Å². The van der Waals surface area contributed by atoms with Crippen LogP contribution in [0.5, 0.6) is 0 Å². The molecule has 2 heterocycles. The number of halogens is 1. The number of aromatic nitrogens is 2. The van der Waals surface area contributed by atoms with Crippen LogP contribution in [0, 0.1) is 15.5 Å². The normalized spacial score (nSPS) is 14.1. The van der Waals surface area contributed by atoms with Gasteiger partial charge in [0.2, 0.25) is 5.91 Å². The Hall–Kier alpha value is -4.24. The van der Waals surface area contributed by atoms with Gasteiger partial charge in [-0.2, -0.15) is 9.78 Å². The summed E-state index contributed by atoms with van der Waals surface area (Å²) in [5.41, 5.74) is 0.882. The van der Waals surface area contributed by atoms with Gasteiger partial charge in [-0.3, -0.25) is 19.7 Å². The molecule has 0 atom stereocenters. The van der Waals surface area contributed by atoms with Crippen LogP contribution in [0.2, 0.25) is 5.02 Å². The zero-order chi connectivity index (χ0) is 27.9. The number of anilines is 1. The van der Waals surface area contributed by atoms with E-state index in [1.807, 2.05) is 31.7 Å². The molecule has 1 amide bonds. The number of nitrogens with zero attached hydrogens (tertiary/aromatic N) is 5. The fourth-order valence-corrected chi connectivity index (χ4v) is 4.97. The lowest BCUT2D eigenvalue weighted by Crippen LogP contribution is -2.51. The van der Waals surface area contributed by atoms with Gasteiger partial charge in [-0.25, -0.2) is 0 Å². The van der Waals surface area contributed by atoms with Gasteiger partial charge in [0.25, 0.3) is 11.2 Å². The molecule has 0 spiro atoms. The van der Waals surface area contributed by atoms with E-state index in [4.69, 9.17) is 11.6 Å². The third-order valence-corrected chi connectivity index (χ3v) is 7.13. The van der Waals surface area contributed by atoms with Crippen molar-refractivity contribution in [3.8, 4) is 16.9 Å². The highest BCUT2D eigenvalue weighted by atomic mass is 35.5. The molecule has 1 aliphatic heterocycles. The largest absolute Gasteiger partial charge is 0.368 e. The van der Waals surface area contributed by atoms with Crippen molar-refractivity contribution in [2.75, 3.05) is 31.1 Å². The van der Waals surface area contributed by atoms with Gasteiger partial charge in [0.15, 0.2) is 0 Å². The SMILES string of the molecule is CC(C)(C)C(=O)N1CCN(c2ccc([N+](=O)[O-])c(-n3nc(-c4ccc(Cl)cc4)c4ccccc4c3=O)c2)CC1. The average molecular weight is 546 g/mol. The number of hydrogen-bond donors (Lipinski definition) is 0. The molecule has 0 radical (unpaired) electrons. The van der Waals surface area contributed by atoms with E-state index in [0.717, 1.165) is 10.2 Å². The number of benzene rings is 3. The van der Waals surface area contributed by atoms with Crippen molar-refractivity contribution >= 4 is 39.7 Å². The number of rotatable bonds is 4. The summed E-state index contributed by atoms with van der Waals surface area (Å²) in [4.78, 5) is 41.8. The Balaban J connectivity index is 1.60. The number of carbonyl (C=O) groups is 1. The quantitative estimate of drug-likeness (QED) is 0.254. The molecule has 0 aliphatic carbocycles. The highest BCUT2D eigenvalue weighted by molar-refractivity contribution is 6.30. The minimum atomic E-state index is -0.510. The lowest BCUT2D eigenvalue weighted by molar-refractivity contribution is -0.384. The molecule has 1 aromatic heterocycles. The average Bonchev–Trinajstić information content (AvgIpc) is 2.93. The zero-order valence-electron chi connectivity index (χ0n) is 21.9. The highest BCUT2D eigenvalue weighted by Gasteiger charge is 2.30. The predicted molar refractivity (Wildman–Crippen MR) is 153 cm³/mol. The summed E-state index contributed by atoms with van der Waals surface area (Å²) < 4.78 is 1.12.